The molecule has 0 spiro atoms. The Balaban J connectivity index is 2.21. The fourth-order valence-corrected chi connectivity index (χ4v) is 1.65. The molecule has 1 aliphatic rings. The third-order valence-electron chi connectivity index (χ3n) is 2.39. The van der Waals surface area contributed by atoms with E-state index in [4.69, 9.17) is 4.74 Å². The summed E-state index contributed by atoms with van der Waals surface area (Å²) in [7, 11) is 0. The number of hydrogen-bond acceptors (Lipinski definition) is 3. The molecule has 0 N–H and O–H groups in total. The van der Waals surface area contributed by atoms with Crippen molar-refractivity contribution in [2.24, 2.45) is 5.92 Å². The van der Waals surface area contributed by atoms with E-state index >= 15 is 0 Å². The van der Waals surface area contributed by atoms with Crippen molar-refractivity contribution in [1.29, 1.82) is 0 Å². The number of carbonyl (C=O) groups excluding carboxylic acids is 1. The van der Waals surface area contributed by atoms with Crippen molar-refractivity contribution in [3.05, 3.63) is 0 Å². The van der Waals surface area contributed by atoms with E-state index in [1.807, 2.05) is 0 Å². The Morgan fingerprint density at radius 2 is 2.00 bits per heavy atom. The minimum atomic E-state index is -0.183. The van der Waals surface area contributed by atoms with Gasteiger partial charge in [0, 0.05) is 0 Å². The van der Waals surface area contributed by atoms with Gasteiger partial charge in [0.15, 0.2) is 0 Å². The van der Waals surface area contributed by atoms with Crippen LogP contribution < -0.4 is 0 Å². The molecule has 0 radical (unpaired) electrons. The Kier molecular flexibility index (Phi) is 3.92. The average Bonchev–Trinajstić information content (AvgIpc) is 2.09. The molecule has 1 aliphatic carbocycles. The highest BCUT2D eigenvalue weighted by Crippen LogP contribution is 2.25. The number of ether oxygens (including phenoxy) is 1. The number of carbonyl (C=O) groups is 1. The summed E-state index contributed by atoms with van der Waals surface area (Å²) in [5, 5.41) is 0. The highest BCUT2D eigenvalue weighted by Gasteiger charge is 2.20. The van der Waals surface area contributed by atoms with Crippen LogP contribution in [0.1, 0.15) is 32.6 Å². The summed E-state index contributed by atoms with van der Waals surface area (Å²) >= 11 is 3.86. The van der Waals surface area contributed by atoms with Crippen LogP contribution in [0, 0.1) is 5.92 Å². The summed E-state index contributed by atoms with van der Waals surface area (Å²) < 4.78 is 5.17. The third kappa shape index (κ3) is 3.05. The molecule has 0 aromatic rings. The molecule has 12 heavy (non-hydrogen) atoms. The molecule has 0 heterocycles. The van der Waals surface area contributed by atoms with E-state index in [1.165, 1.54) is 12.8 Å². The number of thiol groups is 1. The largest absolute Gasteiger partial charge is 0.462 e. The monoisotopic (exact) mass is 188 g/mol. The standard InChI is InChI=1S/C9H16O2S/c1-7-2-4-8(5-3-7)11-9(10)6-12/h7-8,12H,2-6H2,1H3. The molecule has 1 rings (SSSR count). The van der Waals surface area contributed by atoms with Gasteiger partial charge < -0.3 is 4.74 Å². The Bertz CT molecular complexity index is 151. The zero-order chi connectivity index (χ0) is 8.97. The van der Waals surface area contributed by atoms with Crippen molar-refractivity contribution in [3.63, 3.8) is 0 Å². The first-order valence-electron chi connectivity index (χ1n) is 4.52. The van der Waals surface area contributed by atoms with Crippen molar-refractivity contribution < 1.29 is 9.53 Å². The van der Waals surface area contributed by atoms with E-state index in [0.29, 0.717) is 0 Å². The maximum absolute atomic E-state index is 10.9. The van der Waals surface area contributed by atoms with E-state index in [-0.39, 0.29) is 17.8 Å². The van der Waals surface area contributed by atoms with Crippen LogP contribution in [0.15, 0.2) is 0 Å². The summed E-state index contributed by atoms with van der Waals surface area (Å²) in [6, 6.07) is 0. The van der Waals surface area contributed by atoms with Gasteiger partial charge in [0.25, 0.3) is 0 Å². The molecule has 0 saturated heterocycles. The Hall–Kier alpha value is -0.180. The molecular weight excluding hydrogens is 172 g/mol. The molecular formula is C9H16O2S. The first kappa shape index (κ1) is 9.90. The zero-order valence-corrected chi connectivity index (χ0v) is 8.35. The van der Waals surface area contributed by atoms with Crippen LogP contribution in [0.25, 0.3) is 0 Å². The quantitative estimate of drug-likeness (QED) is 0.530. The molecule has 0 aromatic carbocycles. The Morgan fingerprint density at radius 1 is 1.42 bits per heavy atom. The van der Waals surface area contributed by atoms with Crippen LogP contribution in [-0.2, 0) is 9.53 Å². The first-order chi connectivity index (χ1) is 5.72. The highest BCUT2D eigenvalue weighted by molar-refractivity contribution is 7.81. The predicted molar refractivity (Wildman–Crippen MR) is 51.4 cm³/mol. The first-order valence-corrected chi connectivity index (χ1v) is 5.16. The van der Waals surface area contributed by atoms with Crippen molar-refractivity contribution in [1.82, 2.24) is 0 Å². The average molecular weight is 188 g/mol. The van der Waals surface area contributed by atoms with E-state index in [0.717, 1.165) is 18.8 Å². The molecule has 0 atom stereocenters. The van der Waals surface area contributed by atoms with Crippen LogP contribution in [0.5, 0.6) is 0 Å². The minimum absolute atomic E-state index is 0.167. The normalized spacial score (nSPS) is 29.8. The summed E-state index contributed by atoms with van der Waals surface area (Å²) in [6.07, 6.45) is 4.59. The second kappa shape index (κ2) is 4.75. The lowest BCUT2D eigenvalue weighted by Gasteiger charge is -2.25. The molecule has 1 saturated carbocycles. The van der Waals surface area contributed by atoms with Gasteiger partial charge in [0.2, 0.25) is 0 Å². The van der Waals surface area contributed by atoms with E-state index in [9.17, 15) is 4.79 Å². The van der Waals surface area contributed by atoms with Crippen molar-refractivity contribution >= 4 is 18.6 Å². The fourth-order valence-electron chi connectivity index (χ4n) is 1.57. The van der Waals surface area contributed by atoms with Crippen LogP contribution in [0.3, 0.4) is 0 Å². The molecule has 2 nitrogen and oxygen atoms in total. The third-order valence-corrected chi connectivity index (χ3v) is 2.65. The van der Waals surface area contributed by atoms with Crippen molar-refractivity contribution in [2.75, 3.05) is 5.75 Å². The maximum atomic E-state index is 10.9. The molecule has 0 aliphatic heterocycles. The summed E-state index contributed by atoms with van der Waals surface area (Å²) in [5.41, 5.74) is 0. The lowest BCUT2D eigenvalue weighted by molar-refractivity contribution is -0.147. The SMILES string of the molecule is CC1CCC(OC(=O)CS)CC1. The molecule has 1 fully saturated rings. The topological polar surface area (TPSA) is 26.3 Å². The second-order valence-corrected chi connectivity index (χ2v) is 3.85. The zero-order valence-electron chi connectivity index (χ0n) is 7.45. The lowest BCUT2D eigenvalue weighted by atomic mass is 9.89. The van der Waals surface area contributed by atoms with Gasteiger partial charge >= 0.3 is 5.97 Å². The number of esters is 1. The van der Waals surface area contributed by atoms with E-state index in [2.05, 4.69) is 19.6 Å². The minimum Gasteiger partial charge on any atom is -0.462 e. The lowest BCUT2D eigenvalue weighted by Crippen LogP contribution is -2.24. The number of rotatable bonds is 2. The molecule has 0 aromatic heterocycles. The number of hydrogen-bond donors (Lipinski definition) is 1. The Labute approximate surface area is 79.1 Å². The van der Waals surface area contributed by atoms with Gasteiger partial charge in [-0.3, -0.25) is 4.79 Å². The predicted octanol–water partition coefficient (Wildman–Crippen LogP) is 2.04. The van der Waals surface area contributed by atoms with Gasteiger partial charge in [0.05, 0.1) is 5.75 Å². The van der Waals surface area contributed by atoms with Gasteiger partial charge in [-0.1, -0.05) is 6.92 Å². The van der Waals surface area contributed by atoms with Gasteiger partial charge in [-0.15, -0.1) is 0 Å². The molecule has 0 unspecified atom stereocenters. The fraction of sp³-hybridized carbons (Fsp3) is 0.889. The van der Waals surface area contributed by atoms with Gasteiger partial charge in [-0.25, -0.2) is 0 Å². The molecule has 70 valence electrons. The van der Waals surface area contributed by atoms with Crippen molar-refractivity contribution in [3.8, 4) is 0 Å². The highest BCUT2D eigenvalue weighted by atomic mass is 32.1. The smallest absolute Gasteiger partial charge is 0.315 e. The van der Waals surface area contributed by atoms with Gasteiger partial charge in [-0.05, 0) is 31.6 Å². The molecule has 0 bridgehead atoms. The van der Waals surface area contributed by atoms with E-state index < -0.39 is 0 Å². The van der Waals surface area contributed by atoms with Crippen LogP contribution in [-0.4, -0.2) is 17.8 Å². The van der Waals surface area contributed by atoms with Crippen LogP contribution in [0.4, 0.5) is 0 Å². The van der Waals surface area contributed by atoms with Crippen LogP contribution >= 0.6 is 12.6 Å². The molecule has 0 amide bonds. The van der Waals surface area contributed by atoms with Gasteiger partial charge in [-0.2, -0.15) is 12.6 Å². The van der Waals surface area contributed by atoms with Gasteiger partial charge in [0.1, 0.15) is 6.10 Å². The van der Waals surface area contributed by atoms with E-state index in [1.54, 1.807) is 0 Å². The van der Waals surface area contributed by atoms with Crippen LogP contribution in [0.2, 0.25) is 0 Å². The Morgan fingerprint density at radius 3 is 2.50 bits per heavy atom. The summed E-state index contributed by atoms with van der Waals surface area (Å²) in [6.45, 7) is 2.25. The maximum Gasteiger partial charge on any atom is 0.315 e. The summed E-state index contributed by atoms with van der Waals surface area (Å²) in [4.78, 5) is 10.9. The van der Waals surface area contributed by atoms with Crippen molar-refractivity contribution in [2.45, 2.75) is 38.7 Å². The molecule has 3 heteroatoms. The summed E-state index contributed by atoms with van der Waals surface area (Å²) in [5.74, 6) is 0.820. The second-order valence-electron chi connectivity index (χ2n) is 3.53.